The van der Waals surface area contributed by atoms with Crippen LogP contribution in [0.3, 0.4) is 0 Å². The monoisotopic (exact) mass is 380 g/mol. The molecular formula is C22H25FN4O. The summed E-state index contributed by atoms with van der Waals surface area (Å²) < 4.78 is 15.3. The van der Waals surface area contributed by atoms with Gasteiger partial charge in [-0.15, -0.1) is 0 Å². The molecule has 0 radical (unpaired) electrons. The molecule has 2 aromatic heterocycles. The van der Waals surface area contributed by atoms with Gasteiger partial charge in [-0.1, -0.05) is 19.1 Å². The van der Waals surface area contributed by atoms with E-state index in [1.165, 1.54) is 19.1 Å². The van der Waals surface area contributed by atoms with Crippen LogP contribution in [0.5, 0.6) is 0 Å². The molecule has 0 aliphatic heterocycles. The fraction of sp³-hybridized carbons (Fsp3) is 0.318. The summed E-state index contributed by atoms with van der Waals surface area (Å²) >= 11 is 0. The average Bonchev–Trinajstić information content (AvgIpc) is 2.93. The molecule has 146 valence electrons. The Labute approximate surface area is 164 Å². The summed E-state index contributed by atoms with van der Waals surface area (Å²) in [4.78, 5) is 20.4. The van der Waals surface area contributed by atoms with Gasteiger partial charge in [0.05, 0.1) is 11.9 Å². The van der Waals surface area contributed by atoms with Crippen LogP contribution in [0, 0.1) is 5.82 Å². The first-order chi connectivity index (χ1) is 13.5. The first-order valence-corrected chi connectivity index (χ1v) is 9.47. The van der Waals surface area contributed by atoms with Crippen LogP contribution >= 0.6 is 0 Å². The molecular weight excluding hydrogens is 355 g/mol. The van der Waals surface area contributed by atoms with Gasteiger partial charge in [-0.2, -0.15) is 0 Å². The predicted octanol–water partition coefficient (Wildman–Crippen LogP) is 4.09. The third-order valence-electron chi connectivity index (χ3n) is 4.70. The molecule has 1 aromatic carbocycles. The number of fused-ring (bicyclic) bond motifs is 1. The van der Waals surface area contributed by atoms with Gasteiger partial charge in [0.15, 0.2) is 0 Å². The Bertz CT molecular complexity index is 1010. The molecule has 0 unspecified atom stereocenters. The highest BCUT2D eigenvalue weighted by Crippen LogP contribution is 2.29. The Morgan fingerprint density at radius 3 is 2.75 bits per heavy atom. The summed E-state index contributed by atoms with van der Waals surface area (Å²) in [5, 5.41) is 3.91. The van der Waals surface area contributed by atoms with Crippen LogP contribution in [0.4, 0.5) is 10.1 Å². The standard InChI is InChI=1S/C22H25FN4O/c1-4-10-25-18-13-20-19(9-11-24-15(2)28)21(27(3)22(20)26-14-18)12-16-5-7-17(23)8-6-16/h5-8,10,13-14H,4,9,11-12H2,1-3H3,(H,24,28). The lowest BCUT2D eigenvalue weighted by Gasteiger charge is -2.09. The molecule has 2 heterocycles. The molecule has 0 aliphatic rings. The summed E-state index contributed by atoms with van der Waals surface area (Å²) in [6.07, 6.45) is 5.85. The number of carbonyl (C=O) groups excluding carboxylic acids is 1. The van der Waals surface area contributed by atoms with Crippen LogP contribution in [0.25, 0.3) is 11.0 Å². The van der Waals surface area contributed by atoms with Gasteiger partial charge < -0.3 is 9.88 Å². The highest BCUT2D eigenvalue weighted by molar-refractivity contribution is 5.85. The Balaban J connectivity index is 2.05. The Morgan fingerprint density at radius 1 is 1.32 bits per heavy atom. The van der Waals surface area contributed by atoms with Crippen LogP contribution in [-0.2, 0) is 24.7 Å². The Kier molecular flexibility index (Phi) is 6.19. The van der Waals surface area contributed by atoms with Gasteiger partial charge in [0, 0.05) is 44.2 Å². The molecule has 0 aliphatic carbocycles. The fourth-order valence-corrected chi connectivity index (χ4v) is 3.35. The molecule has 0 atom stereocenters. The number of rotatable bonds is 7. The van der Waals surface area contributed by atoms with E-state index in [1.807, 2.05) is 26.3 Å². The van der Waals surface area contributed by atoms with Crippen molar-refractivity contribution in [3.63, 3.8) is 0 Å². The SMILES string of the molecule is CCC=Nc1cnc2c(c1)c(CCNC(C)=O)c(Cc1ccc(F)cc1)n2C. The largest absolute Gasteiger partial charge is 0.356 e. The first-order valence-electron chi connectivity index (χ1n) is 9.47. The van der Waals surface area contributed by atoms with E-state index in [4.69, 9.17) is 0 Å². The topological polar surface area (TPSA) is 59.3 Å². The van der Waals surface area contributed by atoms with Gasteiger partial charge >= 0.3 is 0 Å². The van der Waals surface area contributed by atoms with Crippen molar-refractivity contribution in [3.8, 4) is 0 Å². The number of aliphatic imine (C=N–C) groups is 1. The van der Waals surface area contributed by atoms with E-state index in [2.05, 4.69) is 19.9 Å². The van der Waals surface area contributed by atoms with Gasteiger partial charge in [-0.3, -0.25) is 9.79 Å². The number of halogens is 1. The smallest absolute Gasteiger partial charge is 0.216 e. The molecule has 28 heavy (non-hydrogen) atoms. The number of nitrogens with zero attached hydrogens (tertiary/aromatic N) is 3. The maximum absolute atomic E-state index is 13.3. The minimum atomic E-state index is -0.244. The maximum Gasteiger partial charge on any atom is 0.216 e. The molecule has 1 amide bonds. The third-order valence-corrected chi connectivity index (χ3v) is 4.70. The van der Waals surface area contributed by atoms with Gasteiger partial charge in [-0.25, -0.2) is 9.37 Å². The van der Waals surface area contributed by atoms with Crippen molar-refractivity contribution in [2.45, 2.75) is 33.1 Å². The number of aromatic nitrogens is 2. The molecule has 0 saturated carbocycles. The van der Waals surface area contributed by atoms with E-state index in [1.54, 1.807) is 18.3 Å². The van der Waals surface area contributed by atoms with Gasteiger partial charge in [0.25, 0.3) is 0 Å². The van der Waals surface area contributed by atoms with Crippen LogP contribution in [0.1, 0.15) is 37.1 Å². The highest BCUT2D eigenvalue weighted by Gasteiger charge is 2.17. The number of carbonyl (C=O) groups is 1. The highest BCUT2D eigenvalue weighted by atomic mass is 19.1. The molecule has 0 fully saturated rings. The number of nitrogens with one attached hydrogen (secondary N) is 1. The number of hydrogen-bond acceptors (Lipinski definition) is 3. The number of hydrogen-bond donors (Lipinski definition) is 1. The molecule has 0 spiro atoms. The summed E-state index contributed by atoms with van der Waals surface area (Å²) in [5.41, 5.74) is 4.96. The predicted molar refractivity (Wildman–Crippen MR) is 111 cm³/mol. The zero-order chi connectivity index (χ0) is 20.1. The zero-order valence-electron chi connectivity index (χ0n) is 16.5. The van der Waals surface area contributed by atoms with Crippen LogP contribution in [0.2, 0.25) is 0 Å². The van der Waals surface area contributed by atoms with Gasteiger partial charge in [-0.05, 0) is 42.2 Å². The van der Waals surface area contributed by atoms with Gasteiger partial charge in [0.2, 0.25) is 5.91 Å². The molecule has 3 rings (SSSR count). The van der Waals surface area contributed by atoms with Crippen molar-refractivity contribution in [1.29, 1.82) is 0 Å². The van der Waals surface area contributed by atoms with Crippen LogP contribution in [0.15, 0.2) is 41.5 Å². The lowest BCUT2D eigenvalue weighted by Crippen LogP contribution is -2.22. The second kappa shape index (κ2) is 8.78. The van der Waals surface area contributed by atoms with E-state index in [0.717, 1.165) is 40.0 Å². The van der Waals surface area contributed by atoms with Crippen molar-refractivity contribution in [2.24, 2.45) is 12.0 Å². The zero-order valence-corrected chi connectivity index (χ0v) is 16.5. The molecule has 6 heteroatoms. The lowest BCUT2D eigenvalue weighted by atomic mass is 10.0. The van der Waals surface area contributed by atoms with E-state index >= 15 is 0 Å². The second-order valence-corrected chi connectivity index (χ2v) is 6.81. The number of pyridine rings is 1. The number of amides is 1. The summed E-state index contributed by atoms with van der Waals surface area (Å²) in [5.74, 6) is -0.293. The van der Waals surface area contributed by atoms with E-state index in [0.29, 0.717) is 19.4 Å². The Morgan fingerprint density at radius 2 is 2.07 bits per heavy atom. The van der Waals surface area contributed by atoms with Crippen molar-refractivity contribution in [3.05, 3.63) is 59.2 Å². The fourth-order valence-electron chi connectivity index (χ4n) is 3.35. The Hall–Kier alpha value is -3.02. The summed E-state index contributed by atoms with van der Waals surface area (Å²) in [7, 11) is 1.99. The molecule has 5 nitrogen and oxygen atoms in total. The number of benzene rings is 1. The van der Waals surface area contributed by atoms with Crippen LogP contribution in [-0.4, -0.2) is 28.2 Å². The molecule has 0 bridgehead atoms. The van der Waals surface area contributed by atoms with Crippen molar-refractivity contribution >= 4 is 28.8 Å². The lowest BCUT2D eigenvalue weighted by molar-refractivity contribution is -0.118. The van der Waals surface area contributed by atoms with Crippen molar-refractivity contribution in [1.82, 2.24) is 14.9 Å². The van der Waals surface area contributed by atoms with Gasteiger partial charge in [0.1, 0.15) is 11.5 Å². The minimum absolute atomic E-state index is 0.0494. The summed E-state index contributed by atoms with van der Waals surface area (Å²) in [6, 6.07) is 8.60. The average molecular weight is 380 g/mol. The third kappa shape index (κ3) is 4.44. The summed E-state index contributed by atoms with van der Waals surface area (Å²) in [6.45, 7) is 4.10. The normalized spacial score (nSPS) is 11.4. The quantitative estimate of drug-likeness (QED) is 0.628. The molecule has 0 saturated heterocycles. The van der Waals surface area contributed by atoms with Crippen molar-refractivity contribution in [2.75, 3.05) is 6.54 Å². The number of aryl methyl sites for hydroxylation is 1. The molecule has 3 aromatic rings. The van der Waals surface area contributed by atoms with E-state index in [9.17, 15) is 9.18 Å². The van der Waals surface area contributed by atoms with Crippen molar-refractivity contribution < 1.29 is 9.18 Å². The van der Waals surface area contributed by atoms with Crippen LogP contribution < -0.4 is 5.32 Å². The maximum atomic E-state index is 13.3. The first kappa shape index (κ1) is 19.7. The minimum Gasteiger partial charge on any atom is -0.356 e. The molecule has 1 N–H and O–H groups in total. The second-order valence-electron chi connectivity index (χ2n) is 6.81. The van der Waals surface area contributed by atoms with E-state index in [-0.39, 0.29) is 11.7 Å². The van der Waals surface area contributed by atoms with E-state index < -0.39 is 0 Å².